The Hall–Kier alpha value is -0.770. The van der Waals surface area contributed by atoms with Crippen molar-refractivity contribution in [1.82, 2.24) is 5.32 Å². The molecule has 100 valence electrons. The molecule has 1 aliphatic rings. The second-order valence-electron chi connectivity index (χ2n) is 5.61. The Bertz CT molecular complexity index is 236. The highest BCUT2D eigenvalue weighted by Crippen LogP contribution is 2.34. The van der Waals surface area contributed by atoms with E-state index in [0.29, 0.717) is 25.6 Å². The number of nitrogens with two attached hydrogens (primary N) is 1. The van der Waals surface area contributed by atoms with Crippen LogP contribution in [0.5, 0.6) is 0 Å². The first kappa shape index (κ1) is 14.3. The summed E-state index contributed by atoms with van der Waals surface area (Å²) in [7, 11) is 0. The molecule has 0 spiro atoms. The van der Waals surface area contributed by atoms with Gasteiger partial charge >= 0.3 is 6.09 Å². The molecular formula is C13H26N2O2. The molecule has 0 aromatic heterocycles. The number of nitrogens with one attached hydrogen (secondary N) is 1. The molecule has 1 fully saturated rings. The average Bonchev–Trinajstić information content (AvgIpc) is 2.35. The van der Waals surface area contributed by atoms with Gasteiger partial charge in [0, 0.05) is 12.0 Å². The molecule has 0 radical (unpaired) electrons. The van der Waals surface area contributed by atoms with Crippen LogP contribution < -0.4 is 11.1 Å². The van der Waals surface area contributed by atoms with E-state index in [1.807, 2.05) is 13.8 Å². The topological polar surface area (TPSA) is 64.3 Å². The maximum absolute atomic E-state index is 11.5. The number of carbonyl (C=O) groups excluding carboxylic acids is 1. The summed E-state index contributed by atoms with van der Waals surface area (Å²) in [6, 6.07) is 0. The zero-order chi connectivity index (χ0) is 12.7. The fourth-order valence-electron chi connectivity index (χ4n) is 2.31. The first-order valence-electron chi connectivity index (χ1n) is 6.69. The molecule has 4 nitrogen and oxygen atoms in total. The van der Waals surface area contributed by atoms with Crippen LogP contribution in [0.25, 0.3) is 0 Å². The van der Waals surface area contributed by atoms with Crippen molar-refractivity contribution in [2.45, 2.75) is 46.0 Å². The van der Waals surface area contributed by atoms with Gasteiger partial charge in [0.2, 0.25) is 0 Å². The van der Waals surface area contributed by atoms with Crippen LogP contribution in [0.1, 0.15) is 46.0 Å². The minimum atomic E-state index is -0.308. The van der Waals surface area contributed by atoms with E-state index in [-0.39, 0.29) is 11.5 Å². The lowest BCUT2D eigenvalue weighted by Crippen LogP contribution is -2.44. The Kier molecular flexibility index (Phi) is 5.75. The lowest BCUT2D eigenvalue weighted by molar-refractivity contribution is 0.121. The van der Waals surface area contributed by atoms with E-state index >= 15 is 0 Å². The van der Waals surface area contributed by atoms with Gasteiger partial charge in [-0.3, -0.25) is 0 Å². The molecule has 0 aliphatic heterocycles. The largest absolute Gasteiger partial charge is 0.449 e. The minimum absolute atomic E-state index is 0.106. The minimum Gasteiger partial charge on any atom is -0.449 e. The highest BCUT2D eigenvalue weighted by atomic mass is 16.5. The quantitative estimate of drug-likeness (QED) is 0.777. The number of hydrogen-bond donors (Lipinski definition) is 2. The molecule has 4 heteroatoms. The normalized spacial score (nSPS) is 19.1. The molecule has 0 atom stereocenters. The van der Waals surface area contributed by atoms with Crippen LogP contribution in [0.2, 0.25) is 0 Å². The van der Waals surface area contributed by atoms with Gasteiger partial charge in [-0.1, -0.05) is 33.1 Å². The van der Waals surface area contributed by atoms with Gasteiger partial charge in [0.1, 0.15) is 0 Å². The number of alkyl carbamates (subject to hydrolysis) is 1. The van der Waals surface area contributed by atoms with Gasteiger partial charge in [0.05, 0.1) is 6.61 Å². The van der Waals surface area contributed by atoms with Crippen LogP contribution in [0, 0.1) is 11.3 Å². The van der Waals surface area contributed by atoms with Crippen LogP contribution in [-0.2, 0) is 4.74 Å². The summed E-state index contributed by atoms with van der Waals surface area (Å²) in [5.41, 5.74) is 5.96. The summed E-state index contributed by atoms with van der Waals surface area (Å²) < 4.78 is 5.09. The number of rotatable bonds is 5. The summed E-state index contributed by atoms with van der Waals surface area (Å²) in [6.07, 6.45) is 5.67. The molecular weight excluding hydrogens is 216 g/mol. The lowest BCUT2D eigenvalue weighted by Gasteiger charge is -2.36. The molecule has 1 amide bonds. The molecule has 0 aromatic rings. The fraction of sp³-hybridized carbons (Fsp3) is 0.923. The first-order chi connectivity index (χ1) is 8.08. The van der Waals surface area contributed by atoms with Gasteiger partial charge < -0.3 is 15.8 Å². The van der Waals surface area contributed by atoms with E-state index in [4.69, 9.17) is 10.5 Å². The predicted octanol–water partition coefficient (Wildman–Crippen LogP) is 2.28. The van der Waals surface area contributed by atoms with Crippen molar-refractivity contribution in [1.29, 1.82) is 0 Å². The van der Waals surface area contributed by atoms with E-state index in [1.54, 1.807) is 0 Å². The van der Waals surface area contributed by atoms with Gasteiger partial charge in [-0.15, -0.1) is 0 Å². The van der Waals surface area contributed by atoms with Crippen molar-refractivity contribution in [3.8, 4) is 0 Å². The van der Waals surface area contributed by atoms with Gasteiger partial charge in [-0.2, -0.15) is 0 Å². The van der Waals surface area contributed by atoms with Gasteiger partial charge in [-0.25, -0.2) is 4.79 Å². The highest BCUT2D eigenvalue weighted by Gasteiger charge is 2.31. The lowest BCUT2D eigenvalue weighted by atomic mass is 9.74. The zero-order valence-electron chi connectivity index (χ0n) is 11.1. The summed E-state index contributed by atoms with van der Waals surface area (Å²) in [6.45, 7) is 5.82. The van der Waals surface area contributed by atoms with E-state index in [0.717, 1.165) is 12.8 Å². The number of ether oxygens (including phenoxy) is 1. The van der Waals surface area contributed by atoms with Crippen molar-refractivity contribution < 1.29 is 9.53 Å². The molecule has 3 N–H and O–H groups in total. The third-order valence-electron chi connectivity index (χ3n) is 3.50. The number of amides is 1. The molecule has 1 rings (SSSR count). The molecule has 0 saturated heterocycles. The Balaban J connectivity index is 2.29. The summed E-state index contributed by atoms with van der Waals surface area (Å²) in [5.74, 6) is 0.374. The van der Waals surface area contributed by atoms with Crippen LogP contribution in [0.15, 0.2) is 0 Å². The van der Waals surface area contributed by atoms with Crippen LogP contribution in [0.4, 0.5) is 4.79 Å². The van der Waals surface area contributed by atoms with Crippen LogP contribution >= 0.6 is 0 Å². The third-order valence-corrected chi connectivity index (χ3v) is 3.50. The Morgan fingerprint density at radius 3 is 2.53 bits per heavy atom. The van der Waals surface area contributed by atoms with E-state index in [2.05, 4.69) is 5.32 Å². The Morgan fingerprint density at radius 1 is 1.35 bits per heavy atom. The third kappa shape index (κ3) is 4.94. The molecule has 1 aliphatic carbocycles. The summed E-state index contributed by atoms with van der Waals surface area (Å²) in [5, 5.41) is 2.86. The predicted molar refractivity (Wildman–Crippen MR) is 68.8 cm³/mol. The van der Waals surface area contributed by atoms with E-state index < -0.39 is 0 Å². The Labute approximate surface area is 104 Å². The first-order valence-corrected chi connectivity index (χ1v) is 6.69. The molecule has 0 heterocycles. The zero-order valence-corrected chi connectivity index (χ0v) is 11.1. The standard InChI is InChI=1S/C13H26N2O2/c1-11(2)8-17-12(16)15-10-13(9-14)6-4-3-5-7-13/h11H,3-10,14H2,1-2H3,(H,15,16). The molecule has 17 heavy (non-hydrogen) atoms. The molecule has 0 bridgehead atoms. The second-order valence-corrected chi connectivity index (χ2v) is 5.61. The summed E-state index contributed by atoms with van der Waals surface area (Å²) >= 11 is 0. The van der Waals surface area contributed by atoms with Crippen molar-refractivity contribution >= 4 is 6.09 Å². The average molecular weight is 242 g/mol. The van der Waals surface area contributed by atoms with Crippen LogP contribution in [0.3, 0.4) is 0 Å². The van der Waals surface area contributed by atoms with Gasteiger partial charge in [0.25, 0.3) is 0 Å². The van der Waals surface area contributed by atoms with E-state index in [1.165, 1.54) is 19.3 Å². The fourth-order valence-corrected chi connectivity index (χ4v) is 2.31. The maximum Gasteiger partial charge on any atom is 0.407 e. The Morgan fingerprint density at radius 2 is 2.00 bits per heavy atom. The van der Waals surface area contributed by atoms with Crippen molar-refractivity contribution in [3.63, 3.8) is 0 Å². The van der Waals surface area contributed by atoms with Crippen LogP contribution in [-0.4, -0.2) is 25.8 Å². The SMILES string of the molecule is CC(C)COC(=O)NCC1(CN)CCCCC1. The number of carbonyl (C=O) groups is 1. The maximum atomic E-state index is 11.5. The van der Waals surface area contributed by atoms with Gasteiger partial charge in [0.15, 0.2) is 0 Å². The van der Waals surface area contributed by atoms with Crippen molar-refractivity contribution in [3.05, 3.63) is 0 Å². The molecule has 1 saturated carbocycles. The molecule has 0 unspecified atom stereocenters. The summed E-state index contributed by atoms with van der Waals surface area (Å²) in [4.78, 5) is 11.5. The molecule has 0 aromatic carbocycles. The van der Waals surface area contributed by atoms with Crippen molar-refractivity contribution in [2.24, 2.45) is 17.1 Å². The number of hydrogen-bond acceptors (Lipinski definition) is 3. The van der Waals surface area contributed by atoms with E-state index in [9.17, 15) is 4.79 Å². The monoisotopic (exact) mass is 242 g/mol. The van der Waals surface area contributed by atoms with Crippen molar-refractivity contribution in [2.75, 3.05) is 19.7 Å². The second kappa shape index (κ2) is 6.84. The van der Waals surface area contributed by atoms with Gasteiger partial charge in [-0.05, 0) is 25.3 Å². The smallest absolute Gasteiger partial charge is 0.407 e. The highest BCUT2D eigenvalue weighted by molar-refractivity contribution is 5.67.